The number of hydrogen-bond acceptors (Lipinski definition) is 5. The van der Waals surface area contributed by atoms with E-state index in [-0.39, 0.29) is 18.0 Å². The molecule has 0 aliphatic carbocycles. The Balaban J connectivity index is 1.91. The standard InChI is InChI=1S/C21H18N4O3/c1-14-7-8-19(23-11-14)24-20(26)13-25-12-16(9-15(10-22)21(27)28-2)17-5-3-4-6-18(17)25/h3-9,11-12H,13H2,1-2H3,(H,23,24,26)/b15-9+. The summed E-state index contributed by atoms with van der Waals surface area (Å²) in [5, 5.41) is 12.8. The molecule has 1 aromatic carbocycles. The molecule has 0 saturated carbocycles. The van der Waals surface area contributed by atoms with E-state index < -0.39 is 5.97 Å². The van der Waals surface area contributed by atoms with Crippen molar-refractivity contribution in [2.45, 2.75) is 13.5 Å². The molecule has 140 valence electrons. The van der Waals surface area contributed by atoms with Crippen molar-refractivity contribution in [1.82, 2.24) is 9.55 Å². The van der Waals surface area contributed by atoms with Gasteiger partial charge in [0.25, 0.3) is 0 Å². The number of benzene rings is 1. The first-order valence-electron chi connectivity index (χ1n) is 8.52. The number of nitriles is 1. The second kappa shape index (κ2) is 8.18. The molecule has 0 atom stereocenters. The lowest BCUT2D eigenvalue weighted by atomic mass is 10.1. The van der Waals surface area contributed by atoms with Crippen LogP contribution in [0.3, 0.4) is 0 Å². The van der Waals surface area contributed by atoms with Gasteiger partial charge in [-0.25, -0.2) is 9.78 Å². The molecular weight excluding hydrogens is 356 g/mol. The molecular formula is C21H18N4O3. The first-order valence-corrected chi connectivity index (χ1v) is 8.52. The lowest BCUT2D eigenvalue weighted by Crippen LogP contribution is -2.18. The van der Waals surface area contributed by atoms with E-state index in [4.69, 9.17) is 0 Å². The fourth-order valence-corrected chi connectivity index (χ4v) is 2.80. The molecule has 0 spiro atoms. The van der Waals surface area contributed by atoms with Gasteiger partial charge in [0.1, 0.15) is 24.0 Å². The first kappa shape index (κ1) is 18.9. The van der Waals surface area contributed by atoms with Crippen molar-refractivity contribution < 1.29 is 14.3 Å². The minimum Gasteiger partial charge on any atom is -0.465 e. The zero-order valence-corrected chi connectivity index (χ0v) is 15.5. The maximum atomic E-state index is 12.4. The Hall–Kier alpha value is -3.92. The molecule has 28 heavy (non-hydrogen) atoms. The van der Waals surface area contributed by atoms with Gasteiger partial charge in [-0.15, -0.1) is 0 Å². The Morgan fingerprint density at radius 1 is 1.29 bits per heavy atom. The lowest BCUT2D eigenvalue weighted by molar-refractivity contribution is -0.135. The number of aromatic nitrogens is 2. The van der Waals surface area contributed by atoms with Gasteiger partial charge in [-0.2, -0.15) is 5.26 Å². The largest absolute Gasteiger partial charge is 0.465 e. The van der Waals surface area contributed by atoms with Crippen LogP contribution in [0.15, 0.2) is 54.4 Å². The summed E-state index contributed by atoms with van der Waals surface area (Å²) in [6.07, 6.45) is 4.87. The highest BCUT2D eigenvalue weighted by atomic mass is 16.5. The van der Waals surface area contributed by atoms with Crippen LogP contribution in [0.2, 0.25) is 0 Å². The average Bonchev–Trinajstić information content (AvgIpc) is 3.04. The van der Waals surface area contributed by atoms with Crippen LogP contribution in [0.1, 0.15) is 11.1 Å². The van der Waals surface area contributed by atoms with E-state index in [1.807, 2.05) is 43.3 Å². The number of aryl methyl sites for hydroxylation is 1. The average molecular weight is 374 g/mol. The summed E-state index contributed by atoms with van der Waals surface area (Å²) in [5.41, 5.74) is 2.35. The minimum absolute atomic E-state index is 0.0595. The van der Waals surface area contributed by atoms with Crippen molar-refractivity contribution in [3.63, 3.8) is 0 Å². The van der Waals surface area contributed by atoms with E-state index >= 15 is 0 Å². The maximum Gasteiger partial charge on any atom is 0.348 e. The third-order valence-corrected chi connectivity index (χ3v) is 4.14. The molecule has 0 aliphatic rings. The molecule has 0 aliphatic heterocycles. The third-order valence-electron chi connectivity index (χ3n) is 4.14. The summed E-state index contributed by atoms with van der Waals surface area (Å²) in [5.74, 6) is -0.465. The molecule has 2 heterocycles. The van der Waals surface area contributed by atoms with Crippen molar-refractivity contribution in [1.29, 1.82) is 5.26 Å². The molecule has 0 bridgehead atoms. The number of carbonyl (C=O) groups is 2. The van der Waals surface area contributed by atoms with Gasteiger partial charge in [0, 0.05) is 28.9 Å². The Morgan fingerprint density at radius 2 is 2.07 bits per heavy atom. The molecule has 7 nitrogen and oxygen atoms in total. The number of methoxy groups -OCH3 is 1. The Labute approximate surface area is 161 Å². The highest BCUT2D eigenvalue weighted by molar-refractivity contribution is 6.01. The molecule has 2 aromatic heterocycles. The molecule has 0 fully saturated rings. The van der Waals surface area contributed by atoms with Crippen molar-refractivity contribution in [3.05, 3.63) is 65.5 Å². The Kier molecular flexibility index (Phi) is 5.51. The van der Waals surface area contributed by atoms with Crippen LogP contribution in [0.4, 0.5) is 5.82 Å². The Bertz CT molecular complexity index is 1100. The number of nitrogens with one attached hydrogen (secondary N) is 1. The predicted molar refractivity (Wildman–Crippen MR) is 105 cm³/mol. The van der Waals surface area contributed by atoms with Gasteiger partial charge < -0.3 is 14.6 Å². The van der Waals surface area contributed by atoms with Gasteiger partial charge in [0.2, 0.25) is 5.91 Å². The van der Waals surface area contributed by atoms with Crippen LogP contribution >= 0.6 is 0 Å². The van der Waals surface area contributed by atoms with E-state index in [9.17, 15) is 14.9 Å². The number of amides is 1. The minimum atomic E-state index is -0.706. The van der Waals surface area contributed by atoms with Gasteiger partial charge in [-0.3, -0.25) is 4.79 Å². The number of esters is 1. The first-order chi connectivity index (χ1) is 13.5. The lowest BCUT2D eigenvalue weighted by Gasteiger charge is -2.07. The van der Waals surface area contributed by atoms with Crippen molar-refractivity contribution in [3.8, 4) is 6.07 Å². The third kappa shape index (κ3) is 4.07. The van der Waals surface area contributed by atoms with Gasteiger partial charge in [-0.1, -0.05) is 24.3 Å². The number of hydrogen-bond donors (Lipinski definition) is 1. The van der Waals surface area contributed by atoms with Crippen molar-refractivity contribution in [2.24, 2.45) is 0 Å². The molecule has 7 heteroatoms. The number of pyridine rings is 1. The number of carbonyl (C=O) groups excluding carboxylic acids is 2. The molecule has 3 rings (SSSR count). The fraction of sp³-hybridized carbons (Fsp3) is 0.143. The number of para-hydroxylation sites is 1. The van der Waals surface area contributed by atoms with Crippen LogP contribution < -0.4 is 5.32 Å². The van der Waals surface area contributed by atoms with Crippen molar-refractivity contribution in [2.75, 3.05) is 12.4 Å². The monoisotopic (exact) mass is 374 g/mol. The summed E-state index contributed by atoms with van der Waals surface area (Å²) in [6.45, 7) is 1.98. The number of rotatable bonds is 5. The molecule has 0 radical (unpaired) electrons. The highest BCUT2D eigenvalue weighted by Crippen LogP contribution is 2.24. The predicted octanol–water partition coefficient (Wildman–Crippen LogP) is 3.06. The molecule has 1 N–H and O–H groups in total. The maximum absolute atomic E-state index is 12.4. The zero-order valence-electron chi connectivity index (χ0n) is 15.5. The fourth-order valence-electron chi connectivity index (χ4n) is 2.80. The number of fused-ring (bicyclic) bond motifs is 1. The van der Waals surface area contributed by atoms with Crippen LogP contribution in [-0.2, 0) is 20.9 Å². The summed E-state index contributed by atoms with van der Waals surface area (Å²) < 4.78 is 6.39. The number of anilines is 1. The van der Waals surface area contributed by atoms with Gasteiger partial charge >= 0.3 is 5.97 Å². The van der Waals surface area contributed by atoms with Gasteiger partial charge in [-0.05, 0) is 30.7 Å². The summed E-state index contributed by atoms with van der Waals surface area (Å²) >= 11 is 0. The summed E-state index contributed by atoms with van der Waals surface area (Å²) in [7, 11) is 1.22. The highest BCUT2D eigenvalue weighted by Gasteiger charge is 2.14. The number of nitrogens with zero attached hydrogens (tertiary/aromatic N) is 3. The van der Waals surface area contributed by atoms with Gasteiger partial charge in [0.05, 0.1) is 7.11 Å². The molecule has 1 amide bonds. The SMILES string of the molecule is COC(=O)/C(C#N)=C/c1cn(CC(=O)Nc2ccc(C)cn2)c2ccccc12. The second-order valence-electron chi connectivity index (χ2n) is 6.16. The zero-order chi connectivity index (χ0) is 20.1. The summed E-state index contributed by atoms with van der Waals surface area (Å²) in [6, 6.07) is 12.9. The molecule has 0 saturated heterocycles. The van der Waals surface area contributed by atoms with E-state index in [0.29, 0.717) is 11.4 Å². The van der Waals surface area contributed by atoms with Crippen LogP contribution in [0.25, 0.3) is 17.0 Å². The number of ether oxygens (including phenoxy) is 1. The van der Waals surface area contributed by atoms with Crippen molar-refractivity contribution >= 4 is 34.7 Å². The smallest absolute Gasteiger partial charge is 0.348 e. The molecule has 0 unspecified atom stereocenters. The van der Waals surface area contributed by atoms with Crippen LogP contribution in [-0.4, -0.2) is 28.5 Å². The van der Waals surface area contributed by atoms with Crippen LogP contribution in [0, 0.1) is 18.3 Å². The van der Waals surface area contributed by atoms with E-state index in [0.717, 1.165) is 16.5 Å². The normalized spacial score (nSPS) is 11.1. The van der Waals surface area contributed by atoms with E-state index in [1.54, 1.807) is 23.0 Å². The van der Waals surface area contributed by atoms with Crippen LogP contribution in [0.5, 0.6) is 0 Å². The Morgan fingerprint density at radius 3 is 2.75 bits per heavy atom. The second-order valence-corrected chi connectivity index (χ2v) is 6.16. The van der Waals surface area contributed by atoms with E-state index in [2.05, 4.69) is 15.0 Å². The van der Waals surface area contributed by atoms with E-state index in [1.165, 1.54) is 13.2 Å². The summed E-state index contributed by atoms with van der Waals surface area (Å²) in [4.78, 5) is 28.3. The molecule has 3 aromatic rings. The quantitative estimate of drug-likeness (QED) is 0.420. The van der Waals surface area contributed by atoms with Gasteiger partial charge in [0.15, 0.2) is 0 Å². The topological polar surface area (TPSA) is 97.0 Å².